The SMILES string of the molecule is O=C(O)c1ccccc1N/N=C1\CCNC(=O)c2[nH]c(Br)c(Br)c21. The third-order valence-electron chi connectivity index (χ3n) is 3.53. The number of fused-ring (bicyclic) bond motifs is 1. The van der Waals surface area contributed by atoms with Gasteiger partial charge >= 0.3 is 5.97 Å². The topological polar surface area (TPSA) is 107 Å². The van der Waals surface area contributed by atoms with Crippen molar-refractivity contribution < 1.29 is 14.7 Å². The number of para-hydroxylation sites is 1. The number of hydrazone groups is 1. The number of hydrogen-bond acceptors (Lipinski definition) is 4. The maximum absolute atomic E-state index is 12.1. The minimum Gasteiger partial charge on any atom is -0.478 e. The molecule has 2 aromatic rings. The largest absolute Gasteiger partial charge is 0.478 e. The normalized spacial score (nSPS) is 15.6. The van der Waals surface area contributed by atoms with E-state index in [9.17, 15) is 14.7 Å². The highest BCUT2D eigenvalue weighted by Crippen LogP contribution is 2.31. The fourth-order valence-electron chi connectivity index (χ4n) is 2.40. The van der Waals surface area contributed by atoms with Crippen molar-refractivity contribution in [2.45, 2.75) is 6.42 Å². The molecule has 1 aliphatic heterocycles. The van der Waals surface area contributed by atoms with Crippen LogP contribution in [-0.4, -0.2) is 34.2 Å². The lowest BCUT2D eigenvalue weighted by molar-refractivity contribution is 0.0697. The molecular weight excluding hydrogens is 444 g/mol. The molecule has 1 amide bonds. The van der Waals surface area contributed by atoms with Crippen molar-refractivity contribution in [3.8, 4) is 0 Å². The number of aromatic amines is 1. The van der Waals surface area contributed by atoms with Crippen LogP contribution in [0.25, 0.3) is 0 Å². The monoisotopic (exact) mass is 454 g/mol. The summed E-state index contributed by atoms with van der Waals surface area (Å²) in [6, 6.07) is 6.50. The molecule has 1 aromatic heterocycles. The second-order valence-electron chi connectivity index (χ2n) is 5.03. The van der Waals surface area contributed by atoms with Crippen LogP contribution in [0.3, 0.4) is 0 Å². The lowest BCUT2D eigenvalue weighted by Gasteiger charge is -2.08. The van der Waals surface area contributed by atoms with E-state index in [1.165, 1.54) is 6.07 Å². The summed E-state index contributed by atoms with van der Waals surface area (Å²) in [4.78, 5) is 26.3. The number of H-pyrrole nitrogens is 1. The van der Waals surface area contributed by atoms with Gasteiger partial charge < -0.3 is 15.4 Å². The van der Waals surface area contributed by atoms with Crippen LogP contribution in [0.5, 0.6) is 0 Å². The van der Waals surface area contributed by atoms with Crippen molar-refractivity contribution in [1.29, 1.82) is 0 Å². The van der Waals surface area contributed by atoms with E-state index in [0.29, 0.717) is 44.7 Å². The van der Waals surface area contributed by atoms with E-state index in [4.69, 9.17) is 0 Å². The Hall–Kier alpha value is -2.13. The van der Waals surface area contributed by atoms with E-state index in [-0.39, 0.29) is 11.5 Å². The average molecular weight is 456 g/mol. The van der Waals surface area contributed by atoms with Gasteiger partial charge in [-0.05, 0) is 44.0 Å². The lowest BCUT2D eigenvalue weighted by Crippen LogP contribution is -2.23. The van der Waals surface area contributed by atoms with Gasteiger partial charge in [0.05, 0.1) is 26.0 Å². The molecular formula is C15H12Br2N4O3. The number of amides is 1. The van der Waals surface area contributed by atoms with E-state index in [1.54, 1.807) is 18.2 Å². The zero-order valence-corrected chi connectivity index (χ0v) is 15.4. The first-order valence-electron chi connectivity index (χ1n) is 6.99. The number of nitrogens with one attached hydrogen (secondary N) is 3. The van der Waals surface area contributed by atoms with E-state index < -0.39 is 5.97 Å². The summed E-state index contributed by atoms with van der Waals surface area (Å²) >= 11 is 6.79. The zero-order chi connectivity index (χ0) is 17.3. The van der Waals surface area contributed by atoms with E-state index in [2.05, 4.69) is 52.7 Å². The number of aromatic carboxylic acids is 1. The van der Waals surface area contributed by atoms with E-state index in [0.717, 1.165) is 0 Å². The number of carbonyl (C=O) groups is 2. The van der Waals surface area contributed by atoms with Crippen LogP contribution in [0.15, 0.2) is 38.4 Å². The van der Waals surface area contributed by atoms with Crippen LogP contribution in [0.1, 0.15) is 32.8 Å². The number of nitrogens with zero attached hydrogens (tertiary/aromatic N) is 1. The highest BCUT2D eigenvalue weighted by molar-refractivity contribution is 9.13. The molecule has 9 heteroatoms. The predicted molar refractivity (Wildman–Crippen MR) is 96.7 cm³/mol. The second kappa shape index (κ2) is 6.78. The van der Waals surface area contributed by atoms with Crippen molar-refractivity contribution >= 4 is 55.1 Å². The molecule has 3 rings (SSSR count). The van der Waals surface area contributed by atoms with Gasteiger partial charge in [0.25, 0.3) is 5.91 Å². The molecule has 24 heavy (non-hydrogen) atoms. The molecule has 0 radical (unpaired) electrons. The van der Waals surface area contributed by atoms with Gasteiger partial charge in [0, 0.05) is 18.5 Å². The van der Waals surface area contributed by atoms with Crippen molar-refractivity contribution in [3.05, 3.63) is 50.2 Å². The smallest absolute Gasteiger partial charge is 0.337 e. The number of halogens is 2. The van der Waals surface area contributed by atoms with E-state index >= 15 is 0 Å². The van der Waals surface area contributed by atoms with Gasteiger partial charge in [-0.3, -0.25) is 10.2 Å². The van der Waals surface area contributed by atoms with Gasteiger partial charge in [-0.2, -0.15) is 5.10 Å². The van der Waals surface area contributed by atoms with Gasteiger partial charge in [0.2, 0.25) is 0 Å². The highest BCUT2D eigenvalue weighted by Gasteiger charge is 2.26. The standard InChI is InChI=1S/C15H12Br2N4O3/c16-11-10-9(5-6-18-14(22)12(10)19-13(11)17)21-20-8-4-2-1-3-7(8)15(23)24/h1-4,19-20H,5-6H2,(H,18,22)(H,23,24)/b21-9+. The van der Waals surface area contributed by atoms with Gasteiger partial charge in [0.1, 0.15) is 5.69 Å². The summed E-state index contributed by atoms with van der Waals surface area (Å²) in [5, 5.41) is 16.4. The van der Waals surface area contributed by atoms with Gasteiger partial charge in [0.15, 0.2) is 0 Å². The number of benzene rings is 1. The minimum atomic E-state index is -1.04. The van der Waals surface area contributed by atoms with Crippen LogP contribution in [0, 0.1) is 0 Å². The first-order valence-corrected chi connectivity index (χ1v) is 8.58. The Balaban J connectivity index is 2.01. The molecule has 1 aliphatic rings. The third kappa shape index (κ3) is 3.09. The van der Waals surface area contributed by atoms with Crippen LogP contribution in [0.2, 0.25) is 0 Å². The Morgan fingerprint density at radius 3 is 2.79 bits per heavy atom. The maximum Gasteiger partial charge on any atom is 0.337 e. The van der Waals surface area contributed by atoms with Gasteiger partial charge in [-0.15, -0.1) is 0 Å². The highest BCUT2D eigenvalue weighted by atomic mass is 79.9. The Kier molecular flexibility index (Phi) is 4.72. The number of carbonyl (C=O) groups excluding carboxylic acids is 1. The molecule has 7 nitrogen and oxygen atoms in total. The van der Waals surface area contributed by atoms with E-state index in [1.807, 2.05) is 0 Å². The molecule has 0 fully saturated rings. The van der Waals surface area contributed by atoms with Gasteiger partial charge in [-0.25, -0.2) is 4.79 Å². The second-order valence-corrected chi connectivity index (χ2v) is 6.62. The molecule has 0 saturated heterocycles. The molecule has 0 saturated carbocycles. The molecule has 124 valence electrons. The van der Waals surface area contributed by atoms with Crippen molar-refractivity contribution in [2.24, 2.45) is 5.10 Å². The fourth-order valence-corrected chi connectivity index (χ4v) is 3.33. The number of anilines is 1. The summed E-state index contributed by atoms with van der Waals surface area (Å²) in [5.41, 5.74) is 5.00. The fraction of sp³-hybridized carbons (Fsp3) is 0.133. The molecule has 1 aromatic carbocycles. The Labute approximate surface area is 153 Å². The molecule has 0 bridgehead atoms. The first-order chi connectivity index (χ1) is 11.5. The Morgan fingerprint density at radius 1 is 1.29 bits per heavy atom. The third-order valence-corrected chi connectivity index (χ3v) is 5.45. The summed E-state index contributed by atoms with van der Waals surface area (Å²) in [6.07, 6.45) is 0.504. The zero-order valence-electron chi connectivity index (χ0n) is 12.2. The van der Waals surface area contributed by atoms with Gasteiger partial charge in [-0.1, -0.05) is 12.1 Å². The molecule has 0 atom stereocenters. The predicted octanol–water partition coefficient (Wildman–Crippen LogP) is 3.19. The van der Waals surface area contributed by atoms with Crippen LogP contribution >= 0.6 is 31.9 Å². The Bertz CT molecular complexity index is 860. The summed E-state index contributed by atoms with van der Waals surface area (Å²) in [6.45, 7) is 0.437. The first kappa shape index (κ1) is 16.7. The average Bonchev–Trinajstić information content (AvgIpc) is 2.77. The molecule has 2 heterocycles. The molecule has 0 spiro atoms. The number of aromatic nitrogens is 1. The minimum absolute atomic E-state index is 0.124. The number of carboxylic acids is 1. The van der Waals surface area contributed by atoms with Crippen LogP contribution in [0.4, 0.5) is 5.69 Å². The van der Waals surface area contributed by atoms with Crippen LogP contribution < -0.4 is 10.7 Å². The lowest BCUT2D eigenvalue weighted by atomic mass is 10.1. The molecule has 0 unspecified atom stereocenters. The number of carboxylic acid groups (broad SMARTS) is 1. The van der Waals surface area contributed by atoms with Crippen molar-refractivity contribution in [1.82, 2.24) is 10.3 Å². The molecule has 0 aliphatic carbocycles. The van der Waals surface area contributed by atoms with Crippen molar-refractivity contribution in [3.63, 3.8) is 0 Å². The summed E-state index contributed by atoms with van der Waals surface area (Å²) in [5.74, 6) is -1.25. The summed E-state index contributed by atoms with van der Waals surface area (Å²) in [7, 11) is 0. The maximum atomic E-state index is 12.1. The number of hydrogen-bond donors (Lipinski definition) is 4. The Morgan fingerprint density at radius 2 is 2.04 bits per heavy atom. The quantitative estimate of drug-likeness (QED) is 0.533. The van der Waals surface area contributed by atoms with Crippen molar-refractivity contribution in [2.75, 3.05) is 12.0 Å². The molecule has 4 N–H and O–H groups in total. The summed E-state index contributed by atoms with van der Waals surface area (Å²) < 4.78 is 1.34. The van der Waals surface area contributed by atoms with Crippen LogP contribution in [-0.2, 0) is 0 Å². The number of rotatable bonds is 3.